The molecule has 1 amide bonds. The van der Waals surface area contributed by atoms with Crippen LogP contribution in [0.15, 0.2) is 18.2 Å². The summed E-state index contributed by atoms with van der Waals surface area (Å²) in [6.07, 6.45) is 0. The summed E-state index contributed by atoms with van der Waals surface area (Å²) in [5.41, 5.74) is 0.819. The molecule has 0 spiro atoms. The highest BCUT2D eigenvalue weighted by molar-refractivity contribution is 6.35. The summed E-state index contributed by atoms with van der Waals surface area (Å²) in [6.45, 7) is 4.94. The van der Waals surface area contributed by atoms with E-state index in [9.17, 15) is 4.79 Å². The maximum absolute atomic E-state index is 11.9. The van der Waals surface area contributed by atoms with E-state index in [1.54, 1.807) is 30.1 Å². The first-order chi connectivity index (χ1) is 8.47. The van der Waals surface area contributed by atoms with Gasteiger partial charge in [-0.25, -0.2) is 0 Å². The van der Waals surface area contributed by atoms with Gasteiger partial charge in [-0.2, -0.15) is 0 Å². The van der Waals surface area contributed by atoms with Crippen molar-refractivity contribution in [2.45, 2.75) is 26.4 Å². The van der Waals surface area contributed by atoms with Crippen molar-refractivity contribution in [1.29, 1.82) is 0 Å². The molecule has 0 aliphatic carbocycles. The summed E-state index contributed by atoms with van der Waals surface area (Å²) in [4.78, 5) is 13.5. The van der Waals surface area contributed by atoms with Crippen LogP contribution in [-0.4, -0.2) is 30.4 Å². The highest BCUT2D eigenvalue weighted by Crippen LogP contribution is 2.23. The topological polar surface area (TPSA) is 32.3 Å². The lowest BCUT2D eigenvalue weighted by Crippen LogP contribution is -2.42. The molecule has 1 atom stereocenters. The highest BCUT2D eigenvalue weighted by atomic mass is 35.5. The first-order valence-corrected chi connectivity index (χ1v) is 6.64. The second kappa shape index (κ2) is 6.98. The van der Waals surface area contributed by atoms with Crippen LogP contribution in [-0.2, 0) is 11.3 Å². The van der Waals surface area contributed by atoms with Crippen LogP contribution < -0.4 is 5.32 Å². The summed E-state index contributed by atoms with van der Waals surface area (Å²) in [5.74, 6) is 0.0562. The Morgan fingerprint density at radius 3 is 2.44 bits per heavy atom. The zero-order valence-corrected chi connectivity index (χ0v) is 12.3. The number of carbonyl (C=O) groups is 1. The van der Waals surface area contributed by atoms with Crippen molar-refractivity contribution in [3.05, 3.63) is 33.8 Å². The maximum atomic E-state index is 11.9. The maximum Gasteiger partial charge on any atom is 0.239 e. The number of nitrogens with one attached hydrogen (secondary N) is 1. The van der Waals surface area contributed by atoms with Crippen molar-refractivity contribution >= 4 is 29.1 Å². The lowest BCUT2D eigenvalue weighted by atomic mass is 10.2. The van der Waals surface area contributed by atoms with Gasteiger partial charge in [-0.3, -0.25) is 4.79 Å². The number of likely N-dealkylation sites (N-methyl/N-ethyl adjacent to an activating group) is 1. The molecule has 0 saturated heterocycles. The number of carbonyl (C=O) groups excluding carboxylic acids is 1. The summed E-state index contributed by atoms with van der Waals surface area (Å²) < 4.78 is 0. The molecule has 0 aliphatic heterocycles. The van der Waals surface area contributed by atoms with Crippen LogP contribution in [0.3, 0.4) is 0 Å². The third-order valence-corrected chi connectivity index (χ3v) is 3.58. The molecule has 100 valence electrons. The van der Waals surface area contributed by atoms with Gasteiger partial charge in [0, 0.05) is 35.7 Å². The normalized spacial score (nSPS) is 12.3. The molecule has 0 fully saturated rings. The second-order valence-corrected chi connectivity index (χ2v) is 4.97. The van der Waals surface area contributed by atoms with E-state index in [1.165, 1.54) is 0 Å². The Labute approximate surface area is 118 Å². The first-order valence-electron chi connectivity index (χ1n) is 5.88. The summed E-state index contributed by atoms with van der Waals surface area (Å²) >= 11 is 12.1. The molecule has 0 aliphatic rings. The van der Waals surface area contributed by atoms with E-state index in [2.05, 4.69) is 5.32 Å². The molecule has 18 heavy (non-hydrogen) atoms. The van der Waals surface area contributed by atoms with E-state index >= 15 is 0 Å². The zero-order chi connectivity index (χ0) is 13.7. The molecule has 0 bridgehead atoms. The van der Waals surface area contributed by atoms with Gasteiger partial charge < -0.3 is 10.2 Å². The Bertz CT molecular complexity index is 403. The van der Waals surface area contributed by atoms with Gasteiger partial charge in [0.1, 0.15) is 0 Å². The standard InChI is InChI=1S/C13H18Cl2N2O/c1-4-17(3)13(18)9(2)16-8-10-11(14)6-5-7-12(10)15/h5-7,9,16H,4,8H2,1-3H3. The lowest BCUT2D eigenvalue weighted by Gasteiger charge is -2.21. The van der Waals surface area contributed by atoms with E-state index in [4.69, 9.17) is 23.2 Å². The minimum absolute atomic E-state index is 0.0562. The number of halogens is 2. The Hall–Kier alpha value is -0.770. The van der Waals surface area contributed by atoms with Gasteiger partial charge in [0.05, 0.1) is 6.04 Å². The van der Waals surface area contributed by atoms with Crippen molar-refractivity contribution < 1.29 is 4.79 Å². The van der Waals surface area contributed by atoms with Crippen LogP contribution in [0.1, 0.15) is 19.4 Å². The van der Waals surface area contributed by atoms with Gasteiger partial charge in [0.25, 0.3) is 0 Å². The van der Waals surface area contributed by atoms with Gasteiger partial charge >= 0.3 is 0 Å². The number of benzene rings is 1. The Morgan fingerprint density at radius 2 is 1.94 bits per heavy atom. The average molecular weight is 289 g/mol. The molecule has 0 radical (unpaired) electrons. The van der Waals surface area contributed by atoms with Gasteiger partial charge in [0.15, 0.2) is 0 Å². The Kier molecular flexibility index (Phi) is 5.93. The molecule has 0 heterocycles. The molecule has 1 aromatic rings. The van der Waals surface area contributed by atoms with Crippen LogP contribution >= 0.6 is 23.2 Å². The van der Waals surface area contributed by atoms with E-state index in [1.807, 2.05) is 13.8 Å². The zero-order valence-electron chi connectivity index (χ0n) is 10.8. The van der Waals surface area contributed by atoms with Gasteiger partial charge in [-0.05, 0) is 26.0 Å². The van der Waals surface area contributed by atoms with Gasteiger partial charge in [0.2, 0.25) is 5.91 Å². The van der Waals surface area contributed by atoms with Crippen molar-refractivity contribution in [3.8, 4) is 0 Å². The number of hydrogen-bond donors (Lipinski definition) is 1. The summed E-state index contributed by atoms with van der Waals surface area (Å²) in [7, 11) is 1.78. The van der Waals surface area contributed by atoms with E-state index in [-0.39, 0.29) is 11.9 Å². The third kappa shape index (κ3) is 3.87. The van der Waals surface area contributed by atoms with Crippen LogP contribution in [0.4, 0.5) is 0 Å². The third-order valence-electron chi connectivity index (χ3n) is 2.87. The predicted molar refractivity (Wildman–Crippen MR) is 76.1 cm³/mol. The number of hydrogen-bond acceptors (Lipinski definition) is 2. The number of amides is 1. The number of rotatable bonds is 5. The SMILES string of the molecule is CCN(C)C(=O)C(C)NCc1c(Cl)cccc1Cl. The number of nitrogens with zero attached hydrogens (tertiary/aromatic N) is 1. The largest absolute Gasteiger partial charge is 0.345 e. The second-order valence-electron chi connectivity index (χ2n) is 4.16. The van der Waals surface area contributed by atoms with E-state index < -0.39 is 0 Å². The molecule has 3 nitrogen and oxygen atoms in total. The van der Waals surface area contributed by atoms with Crippen molar-refractivity contribution in [3.63, 3.8) is 0 Å². The fourth-order valence-corrected chi connectivity index (χ4v) is 2.06. The molecule has 1 unspecified atom stereocenters. The minimum Gasteiger partial charge on any atom is -0.345 e. The molecule has 1 rings (SSSR count). The van der Waals surface area contributed by atoms with Crippen LogP contribution in [0, 0.1) is 0 Å². The quantitative estimate of drug-likeness (QED) is 0.904. The Balaban J connectivity index is 2.63. The minimum atomic E-state index is -0.262. The fourth-order valence-electron chi connectivity index (χ4n) is 1.53. The molecule has 1 aromatic carbocycles. The van der Waals surface area contributed by atoms with Crippen LogP contribution in [0.2, 0.25) is 10.0 Å². The molecular formula is C13H18Cl2N2O. The monoisotopic (exact) mass is 288 g/mol. The van der Waals surface area contributed by atoms with Gasteiger partial charge in [-0.15, -0.1) is 0 Å². The van der Waals surface area contributed by atoms with Crippen molar-refractivity contribution in [2.75, 3.05) is 13.6 Å². The van der Waals surface area contributed by atoms with E-state index in [0.29, 0.717) is 23.1 Å². The Morgan fingerprint density at radius 1 is 1.39 bits per heavy atom. The summed E-state index contributed by atoms with van der Waals surface area (Å²) in [5, 5.41) is 4.35. The molecular weight excluding hydrogens is 271 g/mol. The van der Waals surface area contributed by atoms with Crippen molar-refractivity contribution in [2.24, 2.45) is 0 Å². The molecule has 0 aromatic heterocycles. The smallest absolute Gasteiger partial charge is 0.239 e. The van der Waals surface area contributed by atoms with Crippen LogP contribution in [0.25, 0.3) is 0 Å². The van der Waals surface area contributed by atoms with Crippen LogP contribution in [0.5, 0.6) is 0 Å². The fraction of sp³-hybridized carbons (Fsp3) is 0.462. The van der Waals surface area contributed by atoms with Crippen molar-refractivity contribution in [1.82, 2.24) is 10.2 Å². The molecule has 1 N–H and O–H groups in total. The average Bonchev–Trinajstić information content (AvgIpc) is 2.36. The predicted octanol–water partition coefficient (Wildman–Crippen LogP) is 2.95. The molecule has 5 heteroatoms. The summed E-state index contributed by atoms with van der Waals surface area (Å²) in [6, 6.07) is 5.11. The van der Waals surface area contributed by atoms with E-state index in [0.717, 1.165) is 5.56 Å². The molecule has 0 saturated carbocycles. The highest BCUT2D eigenvalue weighted by Gasteiger charge is 2.16. The first kappa shape index (κ1) is 15.3. The van der Waals surface area contributed by atoms with Gasteiger partial charge in [-0.1, -0.05) is 29.3 Å². The lowest BCUT2D eigenvalue weighted by molar-refractivity contribution is -0.131.